The molecule has 2 amide bonds. The van der Waals surface area contributed by atoms with Crippen LogP contribution in [0.4, 0.5) is 20.6 Å². The summed E-state index contributed by atoms with van der Waals surface area (Å²) >= 11 is 0. The molecule has 29 heavy (non-hydrogen) atoms. The normalized spacial score (nSPS) is 25.4. The maximum absolute atomic E-state index is 13.2. The van der Waals surface area contributed by atoms with Gasteiger partial charge in [-0.15, -0.1) is 0 Å². The molecule has 3 saturated heterocycles. The Balaban J connectivity index is 1.26. The van der Waals surface area contributed by atoms with Gasteiger partial charge in [-0.1, -0.05) is 24.3 Å². The summed E-state index contributed by atoms with van der Waals surface area (Å²) in [4.78, 5) is 17.0. The lowest BCUT2D eigenvalue weighted by Gasteiger charge is -2.50. The number of para-hydroxylation sites is 1. The molecule has 3 aliphatic heterocycles. The molecule has 2 N–H and O–H groups in total. The second kappa shape index (κ2) is 8.82. The zero-order valence-electron chi connectivity index (χ0n) is 16.9. The van der Waals surface area contributed by atoms with Crippen LogP contribution in [0.5, 0.6) is 0 Å². The molecule has 5 rings (SSSR count). The number of hydrogen-bond donors (Lipinski definition) is 2. The van der Waals surface area contributed by atoms with Gasteiger partial charge in [0.15, 0.2) is 0 Å². The van der Waals surface area contributed by atoms with E-state index in [4.69, 9.17) is 0 Å². The number of hydrogen-bond acceptors (Lipinski definition) is 3. The third-order valence-corrected chi connectivity index (χ3v) is 6.30. The van der Waals surface area contributed by atoms with Crippen molar-refractivity contribution in [3.8, 4) is 0 Å². The van der Waals surface area contributed by atoms with Gasteiger partial charge in [0.2, 0.25) is 0 Å². The van der Waals surface area contributed by atoms with E-state index in [0.29, 0.717) is 30.1 Å². The lowest BCUT2D eigenvalue weighted by Crippen LogP contribution is -2.58. The summed E-state index contributed by atoms with van der Waals surface area (Å²) in [6, 6.07) is 16.6. The lowest BCUT2D eigenvalue weighted by molar-refractivity contribution is 0.00612. The van der Waals surface area contributed by atoms with Gasteiger partial charge in [0.25, 0.3) is 0 Å². The Kier molecular flexibility index (Phi) is 6.00. The van der Waals surface area contributed by atoms with E-state index in [1.54, 1.807) is 12.1 Å². The van der Waals surface area contributed by atoms with Gasteiger partial charge >= 0.3 is 6.03 Å². The summed E-state index contributed by atoms with van der Waals surface area (Å²) in [5.41, 5.74) is 1.73. The summed E-state index contributed by atoms with van der Waals surface area (Å²) < 4.78 is 13.2. The van der Waals surface area contributed by atoms with Crippen molar-refractivity contribution in [2.75, 3.05) is 43.4 Å². The summed E-state index contributed by atoms with van der Waals surface area (Å²) in [7, 11) is 2.17. The molecule has 3 fully saturated rings. The van der Waals surface area contributed by atoms with E-state index < -0.39 is 0 Å². The Morgan fingerprint density at radius 1 is 1.21 bits per heavy atom. The molecule has 4 atom stereocenters. The van der Waals surface area contributed by atoms with Crippen molar-refractivity contribution in [2.45, 2.75) is 18.9 Å². The average Bonchev–Trinajstić information content (AvgIpc) is 2.73. The van der Waals surface area contributed by atoms with Crippen molar-refractivity contribution in [2.24, 2.45) is 11.8 Å². The number of carbonyl (C=O) groups is 1. The number of rotatable bonds is 6. The van der Waals surface area contributed by atoms with Crippen molar-refractivity contribution in [3.05, 3.63) is 60.4 Å². The SMILES string of the molecule is CN(C[C@@H]1CN2CC[C@H]1C[C@@H]2CNC(=O)Nc1cccc(F)c1)c1ccccc1. The monoisotopic (exact) mass is 396 g/mol. The number of piperidine rings is 3. The maximum atomic E-state index is 13.2. The molecule has 2 aromatic carbocycles. The van der Waals surface area contributed by atoms with Crippen LogP contribution in [-0.2, 0) is 0 Å². The first-order chi connectivity index (χ1) is 14.1. The van der Waals surface area contributed by atoms with Gasteiger partial charge in [0, 0.05) is 44.1 Å². The summed E-state index contributed by atoms with van der Waals surface area (Å²) in [6.45, 7) is 3.87. The molecule has 1 unspecified atom stereocenters. The van der Waals surface area contributed by atoms with Crippen LogP contribution in [0.2, 0.25) is 0 Å². The highest BCUT2D eigenvalue weighted by molar-refractivity contribution is 5.89. The zero-order valence-corrected chi connectivity index (χ0v) is 16.9. The molecule has 6 heteroatoms. The van der Waals surface area contributed by atoms with Crippen LogP contribution in [0.1, 0.15) is 12.8 Å². The summed E-state index contributed by atoms with van der Waals surface area (Å²) in [5.74, 6) is 1.00. The van der Waals surface area contributed by atoms with Gasteiger partial charge in [-0.2, -0.15) is 0 Å². The minimum atomic E-state index is -0.356. The first kappa shape index (κ1) is 19.7. The van der Waals surface area contributed by atoms with Gasteiger partial charge in [-0.3, -0.25) is 4.90 Å². The number of amides is 2. The van der Waals surface area contributed by atoms with E-state index >= 15 is 0 Å². The number of anilines is 2. The first-order valence-electron chi connectivity index (χ1n) is 10.4. The van der Waals surface area contributed by atoms with Gasteiger partial charge in [-0.05, 0) is 61.6 Å². The topological polar surface area (TPSA) is 47.6 Å². The molecule has 0 aromatic heterocycles. The van der Waals surface area contributed by atoms with Crippen molar-refractivity contribution in [1.82, 2.24) is 10.2 Å². The fourth-order valence-corrected chi connectivity index (χ4v) is 4.76. The molecule has 2 bridgehead atoms. The van der Waals surface area contributed by atoms with Crippen LogP contribution >= 0.6 is 0 Å². The molecule has 0 saturated carbocycles. The predicted molar refractivity (Wildman–Crippen MR) is 115 cm³/mol. The van der Waals surface area contributed by atoms with Crippen molar-refractivity contribution >= 4 is 17.4 Å². The minimum Gasteiger partial charge on any atom is -0.374 e. The second-order valence-electron chi connectivity index (χ2n) is 8.25. The highest BCUT2D eigenvalue weighted by Crippen LogP contribution is 2.36. The molecular weight excluding hydrogens is 367 g/mol. The predicted octanol–water partition coefficient (Wildman–Crippen LogP) is 3.79. The van der Waals surface area contributed by atoms with Crippen molar-refractivity contribution in [1.29, 1.82) is 0 Å². The van der Waals surface area contributed by atoms with Gasteiger partial charge in [0.1, 0.15) is 5.82 Å². The average molecular weight is 397 g/mol. The lowest BCUT2D eigenvalue weighted by atomic mass is 9.75. The number of carbonyl (C=O) groups excluding carboxylic acids is 1. The van der Waals surface area contributed by atoms with Gasteiger partial charge < -0.3 is 15.5 Å². The van der Waals surface area contributed by atoms with Crippen LogP contribution in [0, 0.1) is 17.7 Å². The number of urea groups is 1. The van der Waals surface area contributed by atoms with Crippen LogP contribution < -0.4 is 15.5 Å². The largest absolute Gasteiger partial charge is 0.374 e. The number of halogens is 1. The van der Waals surface area contributed by atoms with E-state index in [1.807, 2.05) is 6.07 Å². The van der Waals surface area contributed by atoms with E-state index in [-0.39, 0.29) is 11.8 Å². The van der Waals surface area contributed by atoms with Crippen molar-refractivity contribution < 1.29 is 9.18 Å². The molecule has 0 spiro atoms. The van der Waals surface area contributed by atoms with E-state index in [9.17, 15) is 9.18 Å². The third-order valence-electron chi connectivity index (χ3n) is 6.30. The molecular formula is C23H29FN4O. The van der Waals surface area contributed by atoms with Crippen LogP contribution in [0.15, 0.2) is 54.6 Å². The zero-order chi connectivity index (χ0) is 20.2. The molecule has 5 nitrogen and oxygen atoms in total. The number of fused-ring (bicyclic) bond motifs is 3. The molecule has 0 aliphatic carbocycles. The molecule has 0 radical (unpaired) electrons. The van der Waals surface area contributed by atoms with Crippen LogP contribution in [0.25, 0.3) is 0 Å². The van der Waals surface area contributed by atoms with E-state index in [0.717, 1.165) is 26.1 Å². The van der Waals surface area contributed by atoms with Gasteiger partial charge in [-0.25, -0.2) is 9.18 Å². The Bertz CT molecular complexity index is 831. The Labute approximate surface area is 171 Å². The summed E-state index contributed by atoms with van der Waals surface area (Å²) in [6.07, 6.45) is 2.35. The Hall–Kier alpha value is -2.60. The van der Waals surface area contributed by atoms with E-state index in [1.165, 1.54) is 24.2 Å². The minimum absolute atomic E-state index is 0.279. The van der Waals surface area contributed by atoms with Crippen LogP contribution in [0.3, 0.4) is 0 Å². The molecule has 3 aliphatic rings. The summed E-state index contributed by atoms with van der Waals surface area (Å²) in [5, 5.41) is 5.67. The molecule has 154 valence electrons. The van der Waals surface area contributed by atoms with Crippen molar-refractivity contribution in [3.63, 3.8) is 0 Å². The highest BCUT2D eigenvalue weighted by Gasteiger charge is 2.40. The second-order valence-corrected chi connectivity index (χ2v) is 8.25. The molecule has 2 aromatic rings. The quantitative estimate of drug-likeness (QED) is 0.781. The first-order valence-corrected chi connectivity index (χ1v) is 10.4. The number of benzene rings is 2. The number of nitrogens with zero attached hydrogens (tertiary/aromatic N) is 2. The number of nitrogens with one attached hydrogen (secondary N) is 2. The third kappa shape index (κ3) is 4.88. The standard InChI is InChI=1S/C23H29FN4O/c1-27(21-8-3-2-4-9-21)15-18-16-28-11-10-17(18)12-22(28)14-25-23(29)26-20-7-5-6-19(24)13-20/h2-9,13,17-18,22H,10-12,14-16H2,1H3,(H2,25,26,29)/t17-,18+,22+/m0/s1. The Morgan fingerprint density at radius 2 is 2.03 bits per heavy atom. The smallest absolute Gasteiger partial charge is 0.319 e. The maximum Gasteiger partial charge on any atom is 0.319 e. The fourth-order valence-electron chi connectivity index (χ4n) is 4.76. The van der Waals surface area contributed by atoms with Gasteiger partial charge in [0.05, 0.1) is 0 Å². The fraction of sp³-hybridized carbons (Fsp3) is 0.435. The van der Waals surface area contributed by atoms with E-state index in [2.05, 4.69) is 51.7 Å². The Morgan fingerprint density at radius 3 is 2.76 bits per heavy atom. The molecule has 3 heterocycles. The van der Waals surface area contributed by atoms with Crippen LogP contribution in [-0.4, -0.2) is 50.2 Å². The highest BCUT2D eigenvalue weighted by atomic mass is 19.1.